The fraction of sp³-hybridized carbons (Fsp3) is 0.333. The van der Waals surface area contributed by atoms with Crippen LogP contribution in [0.2, 0.25) is 0 Å². The highest BCUT2D eigenvalue weighted by Gasteiger charge is 2.46. The molecule has 0 aliphatic carbocycles. The topological polar surface area (TPSA) is 57.2 Å². The third-order valence-electron chi connectivity index (χ3n) is 5.55. The van der Waals surface area contributed by atoms with Gasteiger partial charge in [-0.15, -0.1) is 0 Å². The lowest BCUT2D eigenvalue weighted by Gasteiger charge is -2.42. The van der Waals surface area contributed by atoms with Crippen molar-refractivity contribution in [3.8, 4) is 0 Å². The maximum absolute atomic E-state index is 10.6. The molecule has 174 valence electrons. The van der Waals surface area contributed by atoms with Gasteiger partial charge in [0, 0.05) is 0 Å². The molecule has 1 aliphatic rings. The minimum Gasteiger partial charge on any atom is -0.374 e. The zero-order valence-corrected chi connectivity index (χ0v) is 20.5. The average Bonchev–Trinajstić information content (AvgIpc) is 2.86. The Morgan fingerprint density at radius 2 is 1.12 bits per heavy atom. The summed E-state index contributed by atoms with van der Waals surface area (Å²) in [4.78, 5) is 0. The Morgan fingerprint density at radius 1 is 0.667 bits per heavy atom. The van der Waals surface area contributed by atoms with Crippen LogP contribution in [0.15, 0.2) is 91.0 Å². The first-order valence-electron chi connectivity index (χ1n) is 11.1. The molecule has 1 saturated heterocycles. The van der Waals surface area contributed by atoms with Crippen LogP contribution in [-0.2, 0) is 38.8 Å². The van der Waals surface area contributed by atoms with Crippen molar-refractivity contribution < 1.29 is 24.1 Å². The lowest BCUT2D eigenvalue weighted by atomic mass is 10.0. The van der Waals surface area contributed by atoms with Crippen LogP contribution in [0.4, 0.5) is 0 Å². The Kier molecular flexibility index (Phi) is 9.28. The van der Waals surface area contributed by atoms with Gasteiger partial charge in [0.05, 0.1) is 30.4 Å². The van der Waals surface area contributed by atoms with Crippen molar-refractivity contribution in [2.24, 2.45) is 0 Å². The molecule has 5 nitrogen and oxygen atoms in total. The van der Waals surface area contributed by atoms with Crippen molar-refractivity contribution >= 4 is 22.6 Å². The number of aliphatic hydroxyl groups is 1. The quantitative estimate of drug-likeness (QED) is 0.283. The maximum Gasteiger partial charge on any atom is 0.169 e. The van der Waals surface area contributed by atoms with E-state index in [4.69, 9.17) is 18.9 Å². The van der Waals surface area contributed by atoms with E-state index in [1.807, 2.05) is 91.0 Å². The summed E-state index contributed by atoms with van der Waals surface area (Å²) < 4.78 is 24.3. The monoisotopic (exact) mass is 560 g/mol. The van der Waals surface area contributed by atoms with Crippen molar-refractivity contribution in [3.05, 3.63) is 108 Å². The smallest absolute Gasteiger partial charge is 0.169 e. The largest absolute Gasteiger partial charge is 0.374 e. The minimum atomic E-state index is -0.965. The minimum absolute atomic E-state index is 0.280. The third-order valence-corrected chi connectivity index (χ3v) is 6.88. The molecule has 1 heterocycles. The van der Waals surface area contributed by atoms with Crippen LogP contribution < -0.4 is 0 Å². The van der Waals surface area contributed by atoms with Crippen LogP contribution in [0.25, 0.3) is 0 Å². The fourth-order valence-electron chi connectivity index (χ4n) is 3.81. The summed E-state index contributed by atoms with van der Waals surface area (Å²) in [6.07, 6.45) is -2.17. The van der Waals surface area contributed by atoms with Crippen molar-refractivity contribution in [1.29, 1.82) is 0 Å². The molecule has 0 saturated carbocycles. The van der Waals surface area contributed by atoms with E-state index in [1.54, 1.807) is 0 Å². The number of aliphatic hydroxyl groups excluding tert-OH is 1. The normalized spacial score (nSPS) is 25.1. The second-order valence-corrected chi connectivity index (χ2v) is 9.47. The first-order chi connectivity index (χ1) is 16.2. The highest BCUT2D eigenvalue weighted by molar-refractivity contribution is 14.1. The maximum atomic E-state index is 10.6. The molecule has 0 amide bonds. The van der Waals surface area contributed by atoms with E-state index in [1.165, 1.54) is 0 Å². The van der Waals surface area contributed by atoms with Crippen molar-refractivity contribution in [2.45, 2.75) is 48.3 Å². The molecule has 1 fully saturated rings. The van der Waals surface area contributed by atoms with Crippen LogP contribution in [-0.4, -0.2) is 40.2 Å². The Bertz CT molecular complexity index is 941. The zero-order valence-electron chi connectivity index (χ0n) is 18.3. The molecule has 3 aromatic rings. The van der Waals surface area contributed by atoms with Gasteiger partial charge in [0.15, 0.2) is 6.29 Å². The summed E-state index contributed by atoms with van der Waals surface area (Å²) in [5.41, 5.74) is 3.22. The summed E-state index contributed by atoms with van der Waals surface area (Å²) in [5.74, 6) is 0. The number of ether oxygens (including phenoxy) is 4. The first-order valence-corrected chi connectivity index (χ1v) is 12.4. The SMILES string of the molecule is O[C@H]1O[C@H](COCc2ccccc2)[C@H](OCc2ccccc2)[C@H](OCc2ccccc2)[C@H]1I. The molecule has 0 radical (unpaired) electrons. The van der Waals surface area contributed by atoms with E-state index in [9.17, 15) is 5.11 Å². The third kappa shape index (κ3) is 7.09. The Hall–Kier alpha value is -1.81. The number of rotatable bonds is 10. The summed E-state index contributed by atoms with van der Waals surface area (Å²) in [6, 6.07) is 30.0. The van der Waals surface area contributed by atoms with Gasteiger partial charge in [-0.25, -0.2) is 0 Å². The van der Waals surface area contributed by atoms with E-state index in [-0.39, 0.29) is 10.0 Å². The second-order valence-electron chi connectivity index (χ2n) is 8.03. The van der Waals surface area contributed by atoms with Gasteiger partial charge in [-0.1, -0.05) is 114 Å². The van der Waals surface area contributed by atoms with Gasteiger partial charge in [-0.2, -0.15) is 0 Å². The standard InChI is InChI=1S/C27H29IO5/c28-24-26(32-18-22-14-8-3-9-15-22)25(31-17-21-12-6-2-7-13-21)23(33-27(24)29)19-30-16-20-10-4-1-5-11-20/h1-15,23-27,29H,16-19H2/t23-,24-,25+,26-,27+/m1/s1. The average molecular weight is 560 g/mol. The fourth-order valence-corrected chi connectivity index (χ4v) is 4.60. The molecule has 1 aliphatic heterocycles. The predicted molar refractivity (Wildman–Crippen MR) is 135 cm³/mol. The highest BCUT2D eigenvalue weighted by atomic mass is 127. The van der Waals surface area contributed by atoms with Gasteiger partial charge in [-0.05, 0) is 16.7 Å². The van der Waals surface area contributed by atoms with Gasteiger partial charge in [0.25, 0.3) is 0 Å². The summed E-state index contributed by atoms with van der Waals surface area (Å²) >= 11 is 2.19. The molecule has 6 heteroatoms. The van der Waals surface area contributed by atoms with Gasteiger partial charge in [0.2, 0.25) is 0 Å². The van der Waals surface area contributed by atoms with Crippen LogP contribution in [0, 0.1) is 0 Å². The van der Waals surface area contributed by atoms with E-state index in [0.29, 0.717) is 26.4 Å². The summed E-state index contributed by atoms with van der Waals surface area (Å²) in [5, 5.41) is 10.6. The van der Waals surface area contributed by atoms with E-state index < -0.39 is 18.5 Å². The van der Waals surface area contributed by atoms with Crippen LogP contribution >= 0.6 is 22.6 Å². The first kappa shape index (κ1) is 24.3. The van der Waals surface area contributed by atoms with Gasteiger partial charge in [-0.3, -0.25) is 0 Å². The molecule has 5 atom stereocenters. The van der Waals surface area contributed by atoms with Crippen molar-refractivity contribution in [2.75, 3.05) is 6.61 Å². The molecule has 0 aromatic heterocycles. The number of alkyl halides is 1. The molecule has 4 rings (SSSR count). The van der Waals surface area contributed by atoms with Gasteiger partial charge >= 0.3 is 0 Å². The van der Waals surface area contributed by atoms with E-state index in [2.05, 4.69) is 22.6 Å². The highest BCUT2D eigenvalue weighted by Crippen LogP contribution is 2.31. The number of benzene rings is 3. The van der Waals surface area contributed by atoms with E-state index >= 15 is 0 Å². The van der Waals surface area contributed by atoms with Crippen LogP contribution in [0.1, 0.15) is 16.7 Å². The molecule has 0 spiro atoms. The number of halogens is 1. The predicted octanol–water partition coefficient (Wildman–Crippen LogP) is 4.89. The molecule has 33 heavy (non-hydrogen) atoms. The number of hydrogen-bond acceptors (Lipinski definition) is 5. The molecular weight excluding hydrogens is 531 g/mol. The van der Waals surface area contributed by atoms with Crippen molar-refractivity contribution in [1.82, 2.24) is 0 Å². The molecule has 1 N–H and O–H groups in total. The molecule has 0 unspecified atom stereocenters. The summed E-state index contributed by atoms with van der Waals surface area (Å²) in [7, 11) is 0. The van der Waals surface area contributed by atoms with Crippen LogP contribution in [0.3, 0.4) is 0 Å². The van der Waals surface area contributed by atoms with Gasteiger partial charge < -0.3 is 24.1 Å². The Labute approximate surface area is 208 Å². The molecule has 3 aromatic carbocycles. The Balaban J connectivity index is 1.46. The van der Waals surface area contributed by atoms with Gasteiger partial charge in [0.1, 0.15) is 18.3 Å². The lowest BCUT2D eigenvalue weighted by Crippen LogP contribution is -2.58. The number of hydrogen-bond donors (Lipinski definition) is 1. The summed E-state index contributed by atoms with van der Waals surface area (Å²) in [6.45, 7) is 1.61. The Morgan fingerprint density at radius 3 is 1.64 bits per heavy atom. The van der Waals surface area contributed by atoms with E-state index in [0.717, 1.165) is 16.7 Å². The van der Waals surface area contributed by atoms with Crippen LogP contribution in [0.5, 0.6) is 0 Å². The zero-order chi connectivity index (χ0) is 22.9. The lowest BCUT2D eigenvalue weighted by molar-refractivity contribution is -0.258. The van der Waals surface area contributed by atoms with Crippen molar-refractivity contribution in [3.63, 3.8) is 0 Å². The second kappa shape index (κ2) is 12.6. The molecule has 0 bridgehead atoms. The molecular formula is C27H29IO5.